The van der Waals surface area contributed by atoms with Crippen LogP contribution in [0.5, 0.6) is 5.75 Å². The molecule has 2 amide bonds. The first-order chi connectivity index (χ1) is 16.8. The van der Waals surface area contributed by atoms with Crippen molar-refractivity contribution >= 4 is 27.5 Å². The van der Waals surface area contributed by atoms with Gasteiger partial charge in [0.15, 0.2) is 0 Å². The van der Waals surface area contributed by atoms with Gasteiger partial charge in [-0.15, -0.1) is 0 Å². The zero-order chi connectivity index (χ0) is 27.1. The van der Waals surface area contributed by atoms with Crippen LogP contribution in [0.15, 0.2) is 48.5 Å². The van der Waals surface area contributed by atoms with E-state index in [9.17, 15) is 18.0 Å². The lowest BCUT2D eigenvalue weighted by molar-refractivity contribution is -0.140. The molecular formula is C27H39N3O5S. The summed E-state index contributed by atoms with van der Waals surface area (Å²) in [6.07, 6.45) is 1.45. The first-order valence-electron chi connectivity index (χ1n) is 12.1. The van der Waals surface area contributed by atoms with Crippen LogP contribution in [0.4, 0.5) is 5.69 Å². The molecule has 0 fully saturated rings. The number of sulfonamides is 1. The molecule has 1 atom stereocenters. The van der Waals surface area contributed by atoms with E-state index < -0.39 is 28.5 Å². The van der Waals surface area contributed by atoms with Crippen LogP contribution in [0.3, 0.4) is 0 Å². The number of carbonyl (C=O) groups is 2. The standard InChI is InChI=1S/C27H39N3O5S/c1-8-24(26(32)28-9-2)29(18-20-11-10-12-23(17-20)35-6)25(31)19-30(36(7,33)34)22-15-13-21(14-16-22)27(3,4)5/h10-17,24H,8-9,18-19H2,1-7H3,(H,28,32)/t24-/m1/s1. The van der Waals surface area contributed by atoms with Crippen LogP contribution in [0, 0.1) is 0 Å². The normalized spacial score (nSPS) is 12.5. The van der Waals surface area contributed by atoms with Gasteiger partial charge in [-0.05, 0) is 54.2 Å². The third-order valence-electron chi connectivity index (χ3n) is 5.92. The highest BCUT2D eigenvalue weighted by atomic mass is 32.2. The zero-order valence-electron chi connectivity index (χ0n) is 22.4. The largest absolute Gasteiger partial charge is 0.497 e. The van der Waals surface area contributed by atoms with Crippen LogP contribution in [0.1, 0.15) is 52.2 Å². The number of nitrogens with zero attached hydrogens (tertiary/aromatic N) is 2. The maximum atomic E-state index is 13.7. The van der Waals surface area contributed by atoms with Crippen molar-refractivity contribution in [2.45, 2.75) is 59.0 Å². The minimum Gasteiger partial charge on any atom is -0.497 e. The van der Waals surface area contributed by atoms with Gasteiger partial charge in [0.05, 0.1) is 19.1 Å². The highest BCUT2D eigenvalue weighted by molar-refractivity contribution is 7.92. The summed E-state index contributed by atoms with van der Waals surface area (Å²) in [6.45, 7) is 9.98. The number of benzene rings is 2. The minimum atomic E-state index is -3.78. The van der Waals surface area contributed by atoms with E-state index in [1.165, 1.54) is 4.90 Å². The molecule has 0 unspecified atom stereocenters. The Balaban J connectivity index is 2.45. The molecule has 0 bridgehead atoms. The molecule has 0 saturated heterocycles. The Kier molecular flexibility index (Phi) is 9.93. The molecule has 0 radical (unpaired) electrons. The third-order valence-corrected chi connectivity index (χ3v) is 7.07. The van der Waals surface area contributed by atoms with Gasteiger partial charge in [-0.3, -0.25) is 13.9 Å². The summed E-state index contributed by atoms with van der Waals surface area (Å²) in [5.74, 6) is -0.124. The third kappa shape index (κ3) is 7.71. The molecule has 0 saturated carbocycles. The summed E-state index contributed by atoms with van der Waals surface area (Å²) >= 11 is 0. The van der Waals surface area contributed by atoms with Crippen LogP contribution < -0.4 is 14.4 Å². The fourth-order valence-corrected chi connectivity index (χ4v) is 4.77. The summed E-state index contributed by atoms with van der Waals surface area (Å²) in [4.78, 5) is 28.0. The SMILES string of the molecule is CCNC(=O)[C@@H](CC)N(Cc1cccc(OC)c1)C(=O)CN(c1ccc(C(C)(C)C)cc1)S(C)(=O)=O. The molecule has 0 spiro atoms. The van der Waals surface area contributed by atoms with Crippen LogP contribution in [-0.2, 0) is 31.6 Å². The van der Waals surface area contributed by atoms with Gasteiger partial charge < -0.3 is 15.0 Å². The van der Waals surface area contributed by atoms with Crippen LogP contribution in [-0.4, -0.2) is 57.6 Å². The predicted octanol–water partition coefficient (Wildman–Crippen LogP) is 3.70. The number of amides is 2. The van der Waals surface area contributed by atoms with E-state index in [1.807, 2.05) is 38.1 Å². The highest BCUT2D eigenvalue weighted by Gasteiger charge is 2.31. The Morgan fingerprint density at radius 3 is 2.19 bits per heavy atom. The van der Waals surface area contributed by atoms with Gasteiger partial charge in [0.2, 0.25) is 21.8 Å². The van der Waals surface area contributed by atoms with Gasteiger partial charge in [-0.2, -0.15) is 0 Å². The second kappa shape index (κ2) is 12.3. The zero-order valence-corrected chi connectivity index (χ0v) is 23.2. The number of ether oxygens (including phenoxy) is 1. The first kappa shape index (κ1) is 29.2. The van der Waals surface area contributed by atoms with E-state index in [0.717, 1.165) is 21.7 Å². The van der Waals surface area contributed by atoms with E-state index in [0.29, 0.717) is 24.4 Å². The average molecular weight is 518 g/mol. The molecule has 2 aromatic carbocycles. The second-order valence-electron chi connectivity index (χ2n) is 9.76. The molecule has 0 heterocycles. The van der Waals surface area contributed by atoms with E-state index in [4.69, 9.17) is 4.74 Å². The fourth-order valence-electron chi connectivity index (χ4n) is 3.92. The maximum Gasteiger partial charge on any atom is 0.244 e. The van der Waals surface area contributed by atoms with Crippen molar-refractivity contribution < 1.29 is 22.7 Å². The molecule has 9 heteroatoms. The van der Waals surface area contributed by atoms with Crippen molar-refractivity contribution in [2.75, 3.05) is 30.8 Å². The van der Waals surface area contributed by atoms with Gasteiger partial charge in [0.1, 0.15) is 18.3 Å². The second-order valence-corrected chi connectivity index (χ2v) is 11.7. The van der Waals surface area contributed by atoms with E-state index in [2.05, 4.69) is 26.1 Å². The van der Waals surface area contributed by atoms with E-state index >= 15 is 0 Å². The van der Waals surface area contributed by atoms with Crippen molar-refractivity contribution in [3.05, 3.63) is 59.7 Å². The maximum absolute atomic E-state index is 13.7. The van der Waals surface area contributed by atoms with Crippen LogP contribution in [0.25, 0.3) is 0 Å². The number of likely N-dealkylation sites (N-methyl/N-ethyl adjacent to an activating group) is 1. The number of anilines is 1. The molecule has 198 valence electrons. The van der Waals surface area contributed by atoms with Gasteiger partial charge in [0, 0.05) is 13.1 Å². The smallest absolute Gasteiger partial charge is 0.244 e. The van der Waals surface area contributed by atoms with Gasteiger partial charge in [0.25, 0.3) is 0 Å². The Hall–Kier alpha value is -3.07. The quantitative estimate of drug-likeness (QED) is 0.490. The van der Waals surface area contributed by atoms with E-state index in [-0.39, 0.29) is 17.9 Å². The Morgan fingerprint density at radius 1 is 1.06 bits per heavy atom. The lowest BCUT2D eigenvalue weighted by atomic mass is 9.87. The number of carbonyl (C=O) groups excluding carboxylic acids is 2. The molecule has 2 rings (SSSR count). The van der Waals surface area contributed by atoms with Gasteiger partial charge in [-0.25, -0.2) is 8.42 Å². The van der Waals surface area contributed by atoms with Crippen molar-refractivity contribution in [1.82, 2.24) is 10.2 Å². The summed E-state index contributed by atoms with van der Waals surface area (Å²) < 4.78 is 31.9. The van der Waals surface area contributed by atoms with Crippen molar-refractivity contribution in [1.29, 1.82) is 0 Å². The lowest BCUT2D eigenvalue weighted by Crippen LogP contribution is -2.52. The summed E-state index contributed by atoms with van der Waals surface area (Å²) in [6, 6.07) is 13.6. The van der Waals surface area contributed by atoms with Crippen LogP contribution >= 0.6 is 0 Å². The Labute approximate surface area is 215 Å². The Morgan fingerprint density at radius 2 is 1.69 bits per heavy atom. The number of hydrogen-bond donors (Lipinski definition) is 1. The minimum absolute atomic E-state index is 0.0984. The molecule has 0 aliphatic heterocycles. The Bertz CT molecular complexity index is 1140. The first-order valence-corrected chi connectivity index (χ1v) is 13.9. The molecule has 1 N–H and O–H groups in total. The summed E-state index contributed by atoms with van der Waals surface area (Å²) in [5, 5.41) is 2.79. The van der Waals surface area contributed by atoms with Crippen LogP contribution in [0.2, 0.25) is 0 Å². The molecule has 2 aromatic rings. The molecule has 36 heavy (non-hydrogen) atoms. The fraction of sp³-hybridized carbons (Fsp3) is 0.481. The monoisotopic (exact) mass is 517 g/mol. The summed E-state index contributed by atoms with van der Waals surface area (Å²) in [7, 11) is -2.22. The predicted molar refractivity (Wildman–Crippen MR) is 144 cm³/mol. The number of rotatable bonds is 11. The van der Waals surface area contributed by atoms with Crippen molar-refractivity contribution in [3.8, 4) is 5.75 Å². The topological polar surface area (TPSA) is 96.0 Å². The molecular weight excluding hydrogens is 478 g/mol. The van der Waals surface area contributed by atoms with Crippen molar-refractivity contribution in [3.63, 3.8) is 0 Å². The lowest BCUT2D eigenvalue weighted by Gasteiger charge is -2.33. The summed E-state index contributed by atoms with van der Waals surface area (Å²) in [5.41, 5.74) is 2.11. The number of nitrogens with one attached hydrogen (secondary N) is 1. The van der Waals surface area contributed by atoms with E-state index in [1.54, 1.807) is 31.4 Å². The van der Waals surface area contributed by atoms with Gasteiger partial charge in [-0.1, -0.05) is 52.0 Å². The van der Waals surface area contributed by atoms with Gasteiger partial charge >= 0.3 is 0 Å². The number of methoxy groups -OCH3 is 1. The molecule has 0 aliphatic rings. The number of hydrogen-bond acceptors (Lipinski definition) is 5. The average Bonchev–Trinajstić information content (AvgIpc) is 2.81. The molecule has 8 nitrogen and oxygen atoms in total. The van der Waals surface area contributed by atoms with Crippen molar-refractivity contribution in [2.24, 2.45) is 0 Å². The molecule has 0 aliphatic carbocycles. The highest BCUT2D eigenvalue weighted by Crippen LogP contribution is 2.26. The molecule has 0 aromatic heterocycles.